The maximum atomic E-state index is 12.6. The summed E-state index contributed by atoms with van der Waals surface area (Å²) < 4.78 is 27.1. The van der Waals surface area contributed by atoms with Crippen LogP contribution in [0, 0.1) is 20.8 Å². The van der Waals surface area contributed by atoms with E-state index in [-0.39, 0.29) is 5.91 Å². The predicted molar refractivity (Wildman–Crippen MR) is 142 cm³/mol. The summed E-state index contributed by atoms with van der Waals surface area (Å²) in [4.78, 5) is 18.0. The van der Waals surface area contributed by atoms with Gasteiger partial charge in [0, 0.05) is 29.2 Å². The van der Waals surface area contributed by atoms with Crippen LogP contribution in [0.15, 0.2) is 18.2 Å². The van der Waals surface area contributed by atoms with Gasteiger partial charge in [-0.25, -0.2) is 4.98 Å². The number of nitrogens with zero attached hydrogens (tertiary/aromatic N) is 1. The van der Waals surface area contributed by atoms with Gasteiger partial charge in [-0.2, -0.15) is 0 Å². The van der Waals surface area contributed by atoms with Crippen LogP contribution in [0.4, 0.5) is 10.8 Å². The molecule has 2 aromatic rings. The lowest BCUT2D eigenvalue weighted by Crippen LogP contribution is -2.16. The van der Waals surface area contributed by atoms with Gasteiger partial charge in [0.2, 0.25) is 0 Å². The van der Waals surface area contributed by atoms with Gasteiger partial charge in [0.15, 0.2) is 5.13 Å². The average Bonchev–Trinajstić information content (AvgIpc) is 3.17. The number of benzene rings is 1. The topological polar surface area (TPSA) is 126 Å². The molecule has 0 bridgehead atoms. The summed E-state index contributed by atoms with van der Waals surface area (Å²) in [5, 5.41) is 6.81. The normalized spacial score (nSPS) is 11.1. The van der Waals surface area contributed by atoms with Gasteiger partial charge in [-0.05, 0) is 44.5 Å². The molecule has 0 radical (unpaired) electrons. The molecule has 11 heteroatoms. The number of ether oxygens (including phenoxy) is 5. The fourth-order valence-corrected chi connectivity index (χ4v) is 3.86. The van der Waals surface area contributed by atoms with Crippen LogP contribution in [0.25, 0.3) is 0 Å². The smallest absolute Gasteiger partial charge is 0.257 e. The Hall–Kier alpha value is -2.12. The number of carbonyl (C=O) groups is 1. The summed E-state index contributed by atoms with van der Waals surface area (Å²) in [6, 6.07) is 5.67. The number of aryl methyl sites for hydroxylation is 3. The van der Waals surface area contributed by atoms with Crippen molar-refractivity contribution in [2.75, 3.05) is 89.8 Å². The zero-order valence-electron chi connectivity index (χ0n) is 21.6. The first kappa shape index (κ1) is 30.1. The van der Waals surface area contributed by atoms with Crippen molar-refractivity contribution in [1.82, 2.24) is 4.98 Å². The van der Waals surface area contributed by atoms with Crippen molar-refractivity contribution in [2.24, 2.45) is 5.73 Å². The van der Waals surface area contributed by atoms with Crippen LogP contribution in [0.2, 0.25) is 0 Å². The lowest BCUT2D eigenvalue weighted by atomic mass is 10.1. The van der Waals surface area contributed by atoms with E-state index in [1.54, 1.807) is 0 Å². The predicted octanol–water partition coefficient (Wildman–Crippen LogP) is 2.77. The van der Waals surface area contributed by atoms with Crippen LogP contribution in [0.1, 0.15) is 26.5 Å². The number of hydrogen-bond donors (Lipinski definition) is 3. The van der Waals surface area contributed by atoms with E-state index >= 15 is 0 Å². The first-order valence-corrected chi connectivity index (χ1v) is 13.0. The quantitative estimate of drug-likeness (QED) is 0.224. The van der Waals surface area contributed by atoms with E-state index in [1.165, 1.54) is 11.3 Å². The fraction of sp³-hybridized carbons (Fsp3) is 0.600. The second kappa shape index (κ2) is 18.2. The van der Waals surface area contributed by atoms with Gasteiger partial charge >= 0.3 is 0 Å². The van der Waals surface area contributed by atoms with Gasteiger partial charge in [-0.3, -0.25) is 10.1 Å². The Balaban J connectivity index is 1.46. The Bertz CT molecular complexity index is 876. The number of nitrogens with two attached hydrogens (primary N) is 1. The summed E-state index contributed by atoms with van der Waals surface area (Å²) in [5.41, 5.74) is 8.72. The molecule has 0 aliphatic rings. The molecule has 1 heterocycles. The molecule has 36 heavy (non-hydrogen) atoms. The first-order chi connectivity index (χ1) is 17.5. The molecule has 0 aliphatic heterocycles. The van der Waals surface area contributed by atoms with Crippen LogP contribution in [0.3, 0.4) is 0 Å². The molecule has 1 aromatic carbocycles. The molecule has 0 unspecified atom stereocenters. The monoisotopic (exact) mass is 524 g/mol. The number of aromatic nitrogens is 1. The summed E-state index contributed by atoms with van der Waals surface area (Å²) >= 11 is 1.48. The second-order valence-corrected chi connectivity index (χ2v) is 9.12. The molecule has 2 rings (SSSR count). The highest BCUT2D eigenvalue weighted by molar-refractivity contribution is 7.15. The van der Waals surface area contributed by atoms with E-state index in [9.17, 15) is 4.79 Å². The maximum absolute atomic E-state index is 12.6. The van der Waals surface area contributed by atoms with Crippen molar-refractivity contribution in [2.45, 2.75) is 20.8 Å². The van der Waals surface area contributed by atoms with Crippen LogP contribution in [0.5, 0.6) is 0 Å². The van der Waals surface area contributed by atoms with Crippen molar-refractivity contribution in [1.29, 1.82) is 0 Å². The zero-order chi connectivity index (χ0) is 26.0. The highest BCUT2D eigenvalue weighted by Crippen LogP contribution is 2.23. The third-order valence-corrected chi connectivity index (χ3v) is 6.03. The number of carbonyl (C=O) groups excluding carboxylic acids is 1. The van der Waals surface area contributed by atoms with Crippen molar-refractivity contribution in [3.8, 4) is 0 Å². The minimum absolute atomic E-state index is 0.154. The minimum atomic E-state index is -0.154. The van der Waals surface area contributed by atoms with Gasteiger partial charge in [-0.1, -0.05) is 0 Å². The first-order valence-electron chi connectivity index (χ1n) is 12.2. The minimum Gasteiger partial charge on any atom is -0.383 e. The summed E-state index contributed by atoms with van der Waals surface area (Å²) in [5.74, 6) is -0.154. The SMILES string of the molecule is Cc1cc(NCCOCCOCCOCCOCCOCCN)ccc1C(=O)Nc1nc(C)c(C)s1. The largest absolute Gasteiger partial charge is 0.383 e. The number of thiazole rings is 1. The fourth-order valence-electron chi connectivity index (χ4n) is 3.05. The van der Waals surface area contributed by atoms with Gasteiger partial charge < -0.3 is 34.7 Å². The Morgan fingerprint density at radius 1 is 0.861 bits per heavy atom. The van der Waals surface area contributed by atoms with Crippen LogP contribution in [-0.4, -0.2) is 90.0 Å². The second-order valence-electron chi connectivity index (χ2n) is 7.92. The van der Waals surface area contributed by atoms with Crippen LogP contribution < -0.4 is 16.4 Å². The van der Waals surface area contributed by atoms with Gasteiger partial charge in [0.25, 0.3) is 5.91 Å². The lowest BCUT2D eigenvalue weighted by Gasteiger charge is -2.11. The highest BCUT2D eigenvalue weighted by atomic mass is 32.1. The summed E-state index contributed by atoms with van der Waals surface area (Å²) in [6.45, 7) is 12.3. The summed E-state index contributed by atoms with van der Waals surface area (Å²) in [6.07, 6.45) is 0. The van der Waals surface area contributed by atoms with E-state index in [0.29, 0.717) is 89.9 Å². The van der Waals surface area contributed by atoms with Crippen LogP contribution >= 0.6 is 11.3 Å². The maximum Gasteiger partial charge on any atom is 0.257 e. The molecule has 0 atom stereocenters. The Labute approximate surface area is 217 Å². The molecule has 0 spiro atoms. The molecule has 0 saturated heterocycles. The molecular formula is C25H40N4O6S. The number of amides is 1. The lowest BCUT2D eigenvalue weighted by molar-refractivity contribution is -0.00985. The standard InChI is InChI=1S/C25H40N4O6S/c1-19-18-22(4-5-23(19)24(30)29-25-28-20(2)21(3)36-25)27-7-9-32-11-13-34-15-17-35-16-14-33-12-10-31-8-6-26/h4-5,18,27H,6-17,26H2,1-3H3,(H,28,29,30). The average molecular weight is 525 g/mol. The number of hydrogen-bond acceptors (Lipinski definition) is 10. The van der Waals surface area contributed by atoms with E-state index in [1.807, 2.05) is 39.0 Å². The molecule has 202 valence electrons. The Morgan fingerprint density at radius 2 is 1.42 bits per heavy atom. The highest BCUT2D eigenvalue weighted by Gasteiger charge is 2.12. The van der Waals surface area contributed by atoms with Crippen molar-refractivity contribution >= 4 is 28.1 Å². The number of nitrogens with one attached hydrogen (secondary N) is 2. The molecule has 0 fully saturated rings. The molecular weight excluding hydrogens is 484 g/mol. The molecule has 0 aliphatic carbocycles. The van der Waals surface area contributed by atoms with Gasteiger partial charge in [0.1, 0.15) is 0 Å². The molecule has 0 saturated carbocycles. The van der Waals surface area contributed by atoms with Crippen molar-refractivity contribution in [3.05, 3.63) is 39.9 Å². The van der Waals surface area contributed by atoms with E-state index in [0.717, 1.165) is 21.8 Å². The number of anilines is 2. The van der Waals surface area contributed by atoms with E-state index < -0.39 is 0 Å². The Kier molecular flexibility index (Phi) is 15.2. The van der Waals surface area contributed by atoms with Gasteiger partial charge in [0.05, 0.1) is 71.8 Å². The van der Waals surface area contributed by atoms with E-state index in [2.05, 4.69) is 15.6 Å². The van der Waals surface area contributed by atoms with Crippen LogP contribution in [-0.2, 0) is 23.7 Å². The van der Waals surface area contributed by atoms with Crippen molar-refractivity contribution < 1.29 is 28.5 Å². The molecule has 1 aromatic heterocycles. The molecule has 1 amide bonds. The Morgan fingerprint density at radius 3 is 1.92 bits per heavy atom. The summed E-state index contributed by atoms with van der Waals surface area (Å²) in [7, 11) is 0. The zero-order valence-corrected chi connectivity index (χ0v) is 22.4. The third kappa shape index (κ3) is 12.2. The molecule has 10 nitrogen and oxygen atoms in total. The van der Waals surface area contributed by atoms with Gasteiger partial charge in [-0.15, -0.1) is 11.3 Å². The molecule has 4 N–H and O–H groups in total. The third-order valence-electron chi connectivity index (χ3n) is 5.05. The number of rotatable bonds is 20. The van der Waals surface area contributed by atoms with Crippen molar-refractivity contribution in [3.63, 3.8) is 0 Å². The van der Waals surface area contributed by atoms with E-state index in [4.69, 9.17) is 29.4 Å².